The molecular weight excluding hydrogens is 438 g/mol. The maximum atomic E-state index is 12.8. The Morgan fingerprint density at radius 2 is 1.90 bits per heavy atom. The van der Waals surface area contributed by atoms with Crippen LogP contribution in [0.1, 0.15) is 47.6 Å². The van der Waals surface area contributed by atoms with Crippen LogP contribution in [0.2, 0.25) is 5.02 Å². The van der Waals surface area contributed by atoms with Gasteiger partial charge >= 0.3 is 0 Å². The highest BCUT2D eigenvalue weighted by molar-refractivity contribution is 7.92. The van der Waals surface area contributed by atoms with Crippen molar-refractivity contribution >= 4 is 38.9 Å². The molecule has 1 aromatic heterocycles. The summed E-state index contributed by atoms with van der Waals surface area (Å²) >= 11 is 5.90. The number of hydrogen-bond donors (Lipinski definition) is 1. The molecule has 4 rings (SSSR count). The number of amides is 1. The van der Waals surface area contributed by atoms with Crippen molar-refractivity contribution in [2.45, 2.75) is 25.8 Å². The molecule has 1 amide bonds. The third-order valence-corrected chi connectivity index (χ3v) is 6.55. The Bertz CT molecular complexity index is 1240. The molecule has 0 saturated carbocycles. The van der Waals surface area contributed by atoms with Gasteiger partial charge in [0.1, 0.15) is 6.33 Å². The second kappa shape index (κ2) is 7.97. The van der Waals surface area contributed by atoms with Crippen LogP contribution in [0.3, 0.4) is 0 Å². The SMILES string of the molecule is CC(C)n1cnc([C@H]2CN(S(C)(=O)=O)c3ccc(C(=O)Nc4ccc(Cl)cc4)cc32)n1. The van der Waals surface area contributed by atoms with Crippen molar-refractivity contribution in [1.29, 1.82) is 0 Å². The van der Waals surface area contributed by atoms with E-state index in [0.29, 0.717) is 33.3 Å². The minimum atomic E-state index is -3.49. The van der Waals surface area contributed by atoms with E-state index in [1.54, 1.807) is 53.5 Å². The van der Waals surface area contributed by atoms with Crippen molar-refractivity contribution in [1.82, 2.24) is 14.8 Å². The Balaban J connectivity index is 1.70. The minimum absolute atomic E-state index is 0.129. The van der Waals surface area contributed by atoms with Crippen molar-refractivity contribution in [2.75, 3.05) is 22.4 Å². The third kappa shape index (κ3) is 4.28. The van der Waals surface area contributed by atoms with Crippen LogP contribution in [-0.4, -0.2) is 41.9 Å². The van der Waals surface area contributed by atoms with Gasteiger partial charge < -0.3 is 5.32 Å². The van der Waals surface area contributed by atoms with Crippen LogP contribution < -0.4 is 9.62 Å². The van der Waals surface area contributed by atoms with Gasteiger partial charge in [0.15, 0.2) is 5.82 Å². The lowest BCUT2D eigenvalue weighted by molar-refractivity contribution is 0.102. The number of aromatic nitrogens is 3. The van der Waals surface area contributed by atoms with Gasteiger partial charge in [0.2, 0.25) is 10.0 Å². The fourth-order valence-corrected chi connectivity index (χ4v) is 4.60. The molecule has 1 aliphatic heterocycles. The van der Waals surface area contributed by atoms with Crippen molar-refractivity contribution in [3.05, 3.63) is 70.8 Å². The highest BCUT2D eigenvalue weighted by Gasteiger charge is 2.37. The first-order valence-corrected chi connectivity index (χ1v) is 12.0. The van der Waals surface area contributed by atoms with Gasteiger partial charge in [-0.1, -0.05) is 11.6 Å². The van der Waals surface area contributed by atoms with E-state index in [-0.39, 0.29) is 24.4 Å². The van der Waals surface area contributed by atoms with Crippen molar-refractivity contribution < 1.29 is 13.2 Å². The van der Waals surface area contributed by atoms with Crippen LogP contribution >= 0.6 is 11.6 Å². The van der Waals surface area contributed by atoms with Crippen LogP contribution in [-0.2, 0) is 10.0 Å². The summed E-state index contributed by atoms with van der Waals surface area (Å²) in [6.45, 7) is 4.17. The summed E-state index contributed by atoms with van der Waals surface area (Å²) in [5, 5.41) is 7.93. The maximum absolute atomic E-state index is 12.8. The monoisotopic (exact) mass is 459 g/mol. The molecule has 2 heterocycles. The predicted octanol–water partition coefficient (Wildman–Crippen LogP) is 3.68. The number of halogens is 1. The minimum Gasteiger partial charge on any atom is -0.322 e. The predicted molar refractivity (Wildman–Crippen MR) is 120 cm³/mol. The van der Waals surface area contributed by atoms with Gasteiger partial charge in [-0.2, -0.15) is 5.10 Å². The molecule has 0 aliphatic carbocycles. The Morgan fingerprint density at radius 1 is 1.19 bits per heavy atom. The number of fused-ring (bicyclic) bond motifs is 1. The molecule has 3 aromatic rings. The first kappa shape index (κ1) is 21.3. The van der Waals surface area contributed by atoms with E-state index < -0.39 is 10.0 Å². The Kier molecular flexibility index (Phi) is 5.49. The third-order valence-electron chi connectivity index (χ3n) is 5.15. The standard InChI is InChI=1S/C21H22ClN5O3S/c1-13(2)26-12-23-20(25-26)18-11-27(31(3,29)30)19-9-4-14(10-17(18)19)21(28)24-16-7-5-15(22)6-8-16/h4-10,12-13,18H,11H2,1-3H3,(H,24,28)/t18-/m0/s1. The van der Waals surface area contributed by atoms with Gasteiger partial charge in [-0.3, -0.25) is 13.8 Å². The molecule has 0 unspecified atom stereocenters. The van der Waals surface area contributed by atoms with E-state index >= 15 is 0 Å². The molecule has 1 atom stereocenters. The van der Waals surface area contributed by atoms with E-state index in [9.17, 15) is 13.2 Å². The van der Waals surface area contributed by atoms with Crippen molar-refractivity contribution in [2.24, 2.45) is 0 Å². The number of carbonyl (C=O) groups excluding carboxylic acids is 1. The number of nitrogens with one attached hydrogen (secondary N) is 1. The van der Waals surface area contributed by atoms with Crippen LogP contribution in [0.4, 0.5) is 11.4 Å². The molecule has 162 valence electrons. The summed E-state index contributed by atoms with van der Waals surface area (Å²) in [5.74, 6) is -0.147. The van der Waals surface area contributed by atoms with Gasteiger partial charge in [-0.05, 0) is 61.9 Å². The first-order valence-electron chi connectivity index (χ1n) is 9.73. The van der Waals surface area contributed by atoms with Gasteiger partial charge in [0.05, 0.1) is 17.9 Å². The van der Waals surface area contributed by atoms with Gasteiger partial charge in [-0.25, -0.2) is 13.4 Å². The average molecular weight is 460 g/mol. The average Bonchev–Trinajstić information content (AvgIpc) is 3.33. The Labute approximate surface area is 185 Å². The normalized spacial score (nSPS) is 15.9. The Hall–Kier alpha value is -2.91. The largest absolute Gasteiger partial charge is 0.322 e. The van der Waals surface area contributed by atoms with Crippen LogP contribution in [0.25, 0.3) is 0 Å². The number of sulfonamides is 1. The highest BCUT2D eigenvalue weighted by atomic mass is 35.5. The number of anilines is 2. The smallest absolute Gasteiger partial charge is 0.255 e. The number of benzene rings is 2. The second-order valence-corrected chi connectivity index (χ2v) is 10.1. The zero-order valence-corrected chi connectivity index (χ0v) is 18.9. The van der Waals surface area contributed by atoms with Gasteiger partial charge in [-0.15, -0.1) is 0 Å². The number of nitrogens with zero attached hydrogens (tertiary/aromatic N) is 4. The van der Waals surface area contributed by atoms with E-state index in [4.69, 9.17) is 11.6 Å². The molecule has 0 radical (unpaired) electrons. The first-order chi connectivity index (χ1) is 14.6. The number of carbonyl (C=O) groups is 1. The zero-order valence-electron chi connectivity index (χ0n) is 17.3. The fourth-order valence-electron chi connectivity index (χ4n) is 3.53. The van der Waals surface area contributed by atoms with Crippen molar-refractivity contribution in [3.8, 4) is 0 Å². The molecule has 0 saturated heterocycles. The molecule has 2 aromatic carbocycles. The quantitative estimate of drug-likeness (QED) is 0.627. The molecule has 1 aliphatic rings. The van der Waals surface area contributed by atoms with Crippen LogP contribution in [0, 0.1) is 0 Å². The van der Waals surface area contributed by atoms with E-state index in [0.717, 1.165) is 0 Å². The summed E-state index contributed by atoms with van der Waals surface area (Å²) in [6, 6.07) is 11.9. The maximum Gasteiger partial charge on any atom is 0.255 e. The summed E-state index contributed by atoms with van der Waals surface area (Å²) in [7, 11) is -3.49. The van der Waals surface area contributed by atoms with E-state index in [1.807, 2.05) is 13.8 Å². The fraction of sp³-hybridized carbons (Fsp3) is 0.286. The molecule has 10 heteroatoms. The number of rotatable bonds is 5. The summed E-state index contributed by atoms with van der Waals surface area (Å²) < 4.78 is 27.8. The summed E-state index contributed by atoms with van der Waals surface area (Å²) in [4.78, 5) is 17.2. The zero-order chi connectivity index (χ0) is 22.3. The Morgan fingerprint density at radius 3 is 2.52 bits per heavy atom. The lowest BCUT2D eigenvalue weighted by atomic mass is 9.98. The molecule has 31 heavy (non-hydrogen) atoms. The van der Waals surface area contributed by atoms with E-state index in [2.05, 4.69) is 15.4 Å². The molecule has 0 spiro atoms. The number of hydrogen-bond acceptors (Lipinski definition) is 5. The molecule has 0 fully saturated rings. The topological polar surface area (TPSA) is 97.2 Å². The summed E-state index contributed by atoms with van der Waals surface area (Å²) in [5.41, 5.74) is 2.27. The van der Waals surface area contributed by atoms with Gasteiger partial charge in [0, 0.05) is 28.9 Å². The lowest BCUT2D eigenvalue weighted by Crippen LogP contribution is -2.29. The molecule has 1 N–H and O–H groups in total. The summed E-state index contributed by atoms with van der Waals surface area (Å²) in [6.07, 6.45) is 2.81. The highest BCUT2D eigenvalue weighted by Crippen LogP contribution is 2.41. The van der Waals surface area contributed by atoms with E-state index in [1.165, 1.54) is 10.6 Å². The van der Waals surface area contributed by atoms with Crippen LogP contribution in [0.5, 0.6) is 0 Å². The van der Waals surface area contributed by atoms with Gasteiger partial charge in [0.25, 0.3) is 5.91 Å². The lowest BCUT2D eigenvalue weighted by Gasteiger charge is -2.16. The molecule has 8 nitrogen and oxygen atoms in total. The van der Waals surface area contributed by atoms with Crippen molar-refractivity contribution in [3.63, 3.8) is 0 Å². The molecule has 0 bridgehead atoms. The second-order valence-electron chi connectivity index (χ2n) is 7.76. The molecular formula is C21H22ClN5O3S. The van der Waals surface area contributed by atoms with Crippen LogP contribution in [0.15, 0.2) is 48.8 Å².